The van der Waals surface area contributed by atoms with Gasteiger partial charge in [-0.25, -0.2) is 4.79 Å². The monoisotopic (exact) mass is 325 g/mol. The first-order valence-corrected chi connectivity index (χ1v) is 6.58. The van der Waals surface area contributed by atoms with Gasteiger partial charge in [0.15, 0.2) is 0 Å². The average Bonchev–Trinajstić information content (AvgIpc) is 2.52. The van der Waals surface area contributed by atoms with Gasteiger partial charge < -0.3 is 15.4 Å². The Labute approximate surface area is 130 Å². The van der Waals surface area contributed by atoms with Crippen molar-refractivity contribution in [2.45, 2.75) is 12.7 Å². The first-order chi connectivity index (χ1) is 10.9. The average molecular weight is 325 g/mol. The van der Waals surface area contributed by atoms with Crippen LogP contribution in [0.5, 0.6) is 5.75 Å². The Bertz CT molecular complexity index is 675. The molecule has 0 fully saturated rings. The third kappa shape index (κ3) is 4.87. The van der Waals surface area contributed by atoms with E-state index in [-0.39, 0.29) is 18.0 Å². The largest absolute Gasteiger partial charge is 0.497 e. The SMILES string of the molecule is COc1cc(NC(=O)NCc2cccnc2)cc(C(F)(F)F)c1. The molecule has 2 aromatic rings. The second kappa shape index (κ2) is 6.99. The van der Waals surface area contributed by atoms with Crippen molar-refractivity contribution in [3.63, 3.8) is 0 Å². The Morgan fingerprint density at radius 3 is 2.70 bits per heavy atom. The van der Waals surface area contributed by atoms with E-state index in [2.05, 4.69) is 15.6 Å². The van der Waals surface area contributed by atoms with Gasteiger partial charge in [-0.15, -0.1) is 0 Å². The van der Waals surface area contributed by atoms with E-state index in [4.69, 9.17) is 4.74 Å². The number of nitrogens with one attached hydrogen (secondary N) is 2. The molecule has 0 aliphatic carbocycles. The minimum Gasteiger partial charge on any atom is -0.497 e. The zero-order chi connectivity index (χ0) is 16.9. The third-order valence-corrected chi connectivity index (χ3v) is 2.90. The molecule has 0 radical (unpaired) electrons. The number of halogens is 3. The van der Waals surface area contributed by atoms with Crippen LogP contribution >= 0.6 is 0 Å². The lowest BCUT2D eigenvalue weighted by atomic mass is 10.2. The van der Waals surface area contributed by atoms with Crippen LogP contribution in [-0.2, 0) is 12.7 Å². The van der Waals surface area contributed by atoms with Crippen molar-refractivity contribution in [3.8, 4) is 5.75 Å². The molecule has 0 saturated carbocycles. The molecule has 0 spiro atoms. The number of carbonyl (C=O) groups is 1. The number of benzene rings is 1. The summed E-state index contributed by atoms with van der Waals surface area (Å²) in [7, 11) is 1.25. The summed E-state index contributed by atoms with van der Waals surface area (Å²) in [5, 5.41) is 4.88. The minimum absolute atomic E-state index is 0.00221. The number of urea groups is 1. The van der Waals surface area contributed by atoms with Crippen molar-refractivity contribution in [2.75, 3.05) is 12.4 Å². The first-order valence-electron chi connectivity index (χ1n) is 6.58. The molecule has 1 aromatic heterocycles. The van der Waals surface area contributed by atoms with Gasteiger partial charge in [0.25, 0.3) is 0 Å². The molecular weight excluding hydrogens is 311 g/mol. The van der Waals surface area contributed by atoms with E-state index in [1.165, 1.54) is 13.2 Å². The van der Waals surface area contributed by atoms with E-state index >= 15 is 0 Å². The molecule has 1 aromatic carbocycles. The highest BCUT2D eigenvalue weighted by Gasteiger charge is 2.31. The Balaban J connectivity index is 2.05. The lowest BCUT2D eigenvalue weighted by Gasteiger charge is -2.13. The molecule has 122 valence electrons. The van der Waals surface area contributed by atoms with Crippen molar-refractivity contribution in [2.24, 2.45) is 0 Å². The van der Waals surface area contributed by atoms with Crippen molar-refractivity contribution < 1.29 is 22.7 Å². The molecule has 23 heavy (non-hydrogen) atoms. The minimum atomic E-state index is -4.53. The summed E-state index contributed by atoms with van der Waals surface area (Å²) in [5.41, 5.74) is -0.149. The maximum absolute atomic E-state index is 12.8. The molecular formula is C15H14F3N3O2. The number of amides is 2. The lowest BCUT2D eigenvalue weighted by molar-refractivity contribution is -0.137. The molecule has 2 N–H and O–H groups in total. The van der Waals surface area contributed by atoms with E-state index in [0.29, 0.717) is 0 Å². The zero-order valence-corrected chi connectivity index (χ0v) is 12.1. The van der Waals surface area contributed by atoms with Crippen LogP contribution in [0.4, 0.5) is 23.7 Å². The zero-order valence-electron chi connectivity index (χ0n) is 12.1. The number of methoxy groups -OCH3 is 1. The summed E-state index contributed by atoms with van der Waals surface area (Å²) in [6.07, 6.45) is -1.36. The molecule has 0 bridgehead atoms. The first kappa shape index (κ1) is 16.6. The highest BCUT2D eigenvalue weighted by Crippen LogP contribution is 2.34. The van der Waals surface area contributed by atoms with Crippen LogP contribution in [-0.4, -0.2) is 18.1 Å². The number of hydrogen-bond donors (Lipinski definition) is 2. The van der Waals surface area contributed by atoms with Gasteiger partial charge in [0.05, 0.1) is 12.7 Å². The standard InChI is InChI=1S/C15H14F3N3O2/c1-23-13-6-11(15(16,17)18)5-12(7-13)21-14(22)20-9-10-3-2-4-19-8-10/h2-8H,9H2,1H3,(H2,20,21,22). The van der Waals surface area contributed by atoms with E-state index in [1.807, 2.05) is 0 Å². The Hall–Kier alpha value is -2.77. The molecule has 0 aliphatic rings. The van der Waals surface area contributed by atoms with Crippen LogP contribution in [0.25, 0.3) is 0 Å². The van der Waals surface area contributed by atoms with Crippen molar-refractivity contribution >= 4 is 11.7 Å². The fourth-order valence-electron chi connectivity index (χ4n) is 1.81. The van der Waals surface area contributed by atoms with Gasteiger partial charge in [-0.05, 0) is 23.8 Å². The van der Waals surface area contributed by atoms with Crippen molar-refractivity contribution in [3.05, 3.63) is 53.9 Å². The van der Waals surface area contributed by atoms with Crippen molar-refractivity contribution in [1.82, 2.24) is 10.3 Å². The van der Waals surface area contributed by atoms with Gasteiger partial charge in [0, 0.05) is 30.7 Å². The number of pyridine rings is 1. The van der Waals surface area contributed by atoms with Crippen LogP contribution in [0.2, 0.25) is 0 Å². The summed E-state index contributed by atoms with van der Waals surface area (Å²) in [6, 6.07) is 5.85. The highest BCUT2D eigenvalue weighted by atomic mass is 19.4. The van der Waals surface area contributed by atoms with Gasteiger partial charge in [-0.3, -0.25) is 4.98 Å². The van der Waals surface area contributed by atoms with Crippen LogP contribution in [0, 0.1) is 0 Å². The predicted molar refractivity (Wildman–Crippen MR) is 78.1 cm³/mol. The molecule has 2 rings (SSSR count). The molecule has 0 atom stereocenters. The van der Waals surface area contributed by atoms with Gasteiger partial charge in [-0.1, -0.05) is 6.07 Å². The van der Waals surface area contributed by atoms with Crippen LogP contribution in [0.3, 0.4) is 0 Å². The van der Waals surface area contributed by atoms with E-state index < -0.39 is 17.8 Å². The molecule has 5 nitrogen and oxygen atoms in total. The Morgan fingerprint density at radius 2 is 2.09 bits per heavy atom. The molecule has 8 heteroatoms. The summed E-state index contributed by atoms with van der Waals surface area (Å²) in [6.45, 7) is 0.204. The molecule has 2 amide bonds. The van der Waals surface area contributed by atoms with E-state index in [9.17, 15) is 18.0 Å². The highest BCUT2D eigenvalue weighted by molar-refractivity contribution is 5.89. The molecule has 0 unspecified atom stereocenters. The number of aromatic nitrogens is 1. The predicted octanol–water partition coefficient (Wildman–Crippen LogP) is 3.43. The van der Waals surface area contributed by atoms with Crippen molar-refractivity contribution in [1.29, 1.82) is 0 Å². The summed E-state index contributed by atoms with van der Waals surface area (Å²) < 4.78 is 43.2. The van der Waals surface area contributed by atoms with Gasteiger partial charge in [-0.2, -0.15) is 13.2 Å². The molecule has 0 aliphatic heterocycles. The quantitative estimate of drug-likeness (QED) is 0.905. The number of rotatable bonds is 4. The van der Waals surface area contributed by atoms with Crippen LogP contribution in [0.1, 0.15) is 11.1 Å². The van der Waals surface area contributed by atoms with Gasteiger partial charge >= 0.3 is 12.2 Å². The maximum atomic E-state index is 12.8. The van der Waals surface area contributed by atoms with E-state index in [0.717, 1.165) is 17.7 Å². The topological polar surface area (TPSA) is 63.2 Å². The number of alkyl halides is 3. The Kier molecular flexibility index (Phi) is 5.05. The second-order valence-electron chi connectivity index (χ2n) is 4.62. The van der Waals surface area contributed by atoms with Crippen LogP contribution in [0.15, 0.2) is 42.7 Å². The summed E-state index contributed by atoms with van der Waals surface area (Å²) in [5.74, 6) is 0.00221. The maximum Gasteiger partial charge on any atom is 0.416 e. The van der Waals surface area contributed by atoms with Gasteiger partial charge in [0.2, 0.25) is 0 Å². The normalized spacial score (nSPS) is 11.0. The number of ether oxygens (including phenoxy) is 1. The second-order valence-corrected chi connectivity index (χ2v) is 4.62. The van der Waals surface area contributed by atoms with Crippen LogP contribution < -0.4 is 15.4 Å². The smallest absolute Gasteiger partial charge is 0.416 e. The fourth-order valence-corrected chi connectivity index (χ4v) is 1.81. The number of anilines is 1. The lowest BCUT2D eigenvalue weighted by Crippen LogP contribution is -2.28. The number of hydrogen-bond acceptors (Lipinski definition) is 3. The summed E-state index contributed by atoms with van der Waals surface area (Å²) >= 11 is 0. The Morgan fingerprint density at radius 1 is 1.30 bits per heavy atom. The fraction of sp³-hybridized carbons (Fsp3) is 0.200. The van der Waals surface area contributed by atoms with Gasteiger partial charge in [0.1, 0.15) is 5.75 Å². The summed E-state index contributed by atoms with van der Waals surface area (Å²) in [4.78, 5) is 15.7. The van der Waals surface area contributed by atoms with E-state index in [1.54, 1.807) is 24.5 Å². The molecule has 0 saturated heterocycles. The number of carbonyl (C=O) groups excluding carboxylic acids is 1. The molecule has 1 heterocycles. The third-order valence-electron chi connectivity index (χ3n) is 2.90. The number of nitrogens with zero attached hydrogens (tertiary/aromatic N) is 1.